The summed E-state index contributed by atoms with van der Waals surface area (Å²) < 4.78 is 13.4. The molecule has 0 bridgehead atoms. The van der Waals surface area contributed by atoms with E-state index in [2.05, 4.69) is 25.7 Å². The van der Waals surface area contributed by atoms with Crippen molar-refractivity contribution < 1.29 is 19.1 Å². The summed E-state index contributed by atoms with van der Waals surface area (Å²) in [6.45, 7) is 5.21. The Kier molecular flexibility index (Phi) is 7.03. The Bertz CT molecular complexity index is 1670. The first-order valence-corrected chi connectivity index (χ1v) is 12.6. The predicted octanol–water partition coefficient (Wildman–Crippen LogP) is 4.36. The summed E-state index contributed by atoms with van der Waals surface area (Å²) >= 11 is 0. The molecule has 2 heterocycles. The first-order chi connectivity index (χ1) is 19.1. The number of para-hydroxylation sites is 1. The zero-order valence-electron chi connectivity index (χ0n) is 22.2. The molecule has 11 heteroatoms. The van der Waals surface area contributed by atoms with Gasteiger partial charge in [0.25, 0.3) is 5.91 Å². The molecule has 5 rings (SSSR count). The highest BCUT2D eigenvalue weighted by Gasteiger charge is 2.36. The van der Waals surface area contributed by atoms with Crippen molar-refractivity contribution in [3.63, 3.8) is 0 Å². The minimum absolute atomic E-state index is 0.0679. The van der Waals surface area contributed by atoms with Gasteiger partial charge in [0.15, 0.2) is 0 Å². The van der Waals surface area contributed by atoms with Crippen molar-refractivity contribution in [2.45, 2.75) is 38.9 Å². The van der Waals surface area contributed by atoms with E-state index in [0.29, 0.717) is 16.8 Å². The molecule has 0 saturated carbocycles. The largest absolute Gasteiger partial charge is 0.508 e. The quantitative estimate of drug-likeness (QED) is 0.281. The third-order valence-corrected chi connectivity index (χ3v) is 6.13. The number of phenolic OH excluding ortho intramolecular Hbond substituents is 1. The second-order valence-corrected chi connectivity index (χ2v) is 10.4. The Morgan fingerprint density at radius 2 is 1.82 bits per heavy atom. The average Bonchev–Trinajstić information content (AvgIpc) is 3.54. The summed E-state index contributed by atoms with van der Waals surface area (Å²) in [5.74, 6) is -1.18. The monoisotopic (exact) mass is 541 g/mol. The molecule has 204 valence electrons. The molecule has 3 aromatic carbocycles. The van der Waals surface area contributed by atoms with E-state index in [0.717, 1.165) is 15.7 Å². The lowest BCUT2D eigenvalue weighted by molar-refractivity contribution is -0.128. The third kappa shape index (κ3) is 5.68. The molecule has 0 aliphatic rings. The highest BCUT2D eigenvalue weighted by atomic mass is 19.1. The number of phenols is 1. The van der Waals surface area contributed by atoms with Crippen molar-refractivity contribution in [1.82, 2.24) is 30.5 Å². The van der Waals surface area contributed by atoms with Crippen LogP contribution in [0.4, 0.5) is 10.1 Å². The number of fused-ring (bicyclic) bond motifs is 1. The molecule has 3 N–H and O–H groups in total. The number of anilines is 1. The first-order valence-electron chi connectivity index (χ1n) is 12.6. The van der Waals surface area contributed by atoms with Crippen LogP contribution in [0.25, 0.3) is 22.3 Å². The summed E-state index contributed by atoms with van der Waals surface area (Å²) in [5, 5.41) is 26.3. The molecule has 1 atom stereocenters. The molecular formula is C29H28FN7O3. The van der Waals surface area contributed by atoms with Crippen LogP contribution in [0.2, 0.25) is 0 Å². The number of nitrogens with zero attached hydrogens (tertiary/aromatic N) is 5. The molecule has 10 nitrogen and oxygen atoms in total. The summed E-state index contributed by atoms with van der Waals surface area (Å²) in [7, 11) is 0. The SMILES string of the molecule is CC(C)(C)NC(=O)[C@@H](c1c[nH]c2ccccc12)N(C(=O)Cn1nnc(-c2ccc(F)cc2)n1)c1cccc(O)c1. The van der Waals surface area contributed by atoms with Crippen molar-refractivity contribution in [3.05, 3.63) is 90.4 Å². The molecule has 0 spiro atoms. The van der Waals surface area contributed by atoms with E-state index < -0.39 is 29.2 Å². The maximum Gasteiger partial charge on any atom is 0.251 e. The maximum absolute atomic E-state index is 14.0. The second-order valence-electron chi connectivity index (χ2n) is 10.4. The zero-order valence-corrected chi connectivity index (χ0v) is 22.2. The Balaban J connectivity index is 1.58. The van der Waals surface area contributed by atoms with E-state index >= 15 is 0 Å². The van der Waals surface area contributed by atoms with Gasteiger partial charge in [-0.05, 0) is 68.4 Å². The van der Waals surface area contributed by atoms with Crippen LogP contribution in [-0.2, 0) is 16.1 Å². The molecule has 0 radical (unpaired) electrons. The zero-order chi connectivity index (χ0) is 28.4. The minimum atomic E-state index is -1.11. The number of benzene rings is 3. The fraction of sp³-hybridized carbons (Fsp3) is 0.207. The minimum Gasteiger partial charge on any atom is -0.508 e. The van der Waals surface area contributed by atoms with Crippen LogP contribution in [0.15, 0.2) is 79.0 Å². The number of halogens is 1. The van der Waals surface area contributed by atoms with Crippen LogP contribution < -0.4 is 10.2 Å². The standard InChI is InChI=1S/C29H28FN7O3/c1-29(2,3)32-28(40)26(23-16-31-24-10-5-4-9-22(23)24)37(20-7-6-8-21(38)15-20)25(39)17-36-34-27(33-35-36)18-11-13-19(30)14-12-18/h4-16,26,31,38H,17H2,1-3H3,(H,32,40)/t26-/m1/s1. The second kappa shape index (κ2) is 10.6. The van der Waals surface area contributed by atoms with Crippen LogP contribution in [0.3, 0.4) is 0 Å². The number of aromatic nitrogens is 5. The van der Waals surface area contributed by atoms with Crippen LogP contribution in [-0.4, -0.2) is 47.7 Å². The van der Waals surface area contributed by atoms with Gasteiger partial charge in [-0.1, -0.05) is 24.3 Å². The van der Waals surface area contributed by atoms with Crippen LogP contribution in [0.5, 0.6) is 5.75 Å². The molecule has 40 heavy (non-hydrogen) atoms. The van der Waals surface area contributed by atoms with Crippen LogP contribution >= 0.6 is 0 Å². The Morgan fingerprint density at radius 3 is 2.55 bits per heavy atom. The van der Waals surface area contributed by atoms with Crippen LogP contribution in [0, 0.1) is 5.82 Å². The molecular weight excluding hydrogens is 513 g/mol. The number of rotatable bonds is 7. The number of H-pyrrole nitrogens is 1. The van der Waals surface area contributed by atoms with Gasteiger partial charge < -0.3 is 15.4 Å². The number of carbonyl (C=O) groups excluding carboxylic acids is 2. The van der Waals surface area contributed by atoms with E-state index in [1.807, 2.05) is 45.0 Å². The number of aromatic amines is 1. The Hall–Kier alpha value is -5.06. The molecule has 0 aliphatic heterocycles. The first kappa shape index (κ1) is 26.5. The van der Waals surface area contributed by atoms with E-state index in [9.17, 15) is 19.1 Å². The lowest BCUT2D eigenvalue weighted by Crippen LogP contribution is -2.50. The topological polar surface area (TPSA) is 129 Å². The fourth-order valence-corrected chi connectivity index (χ4v) is 4.46. The number of tetrazole rings is 1. The third-order valence-electron chi connectivity index (χ3n) is 6.13. The van der Waals surface area contributed by atoms with Crippen molar-refractivity contribution in [1.29, 1.82) is 0 Å². The number of amides is 2. The average molecular weight is 542 g/mol. The van der Waals surface area contributed by atoms with Gasteiger partial charge >= 0.3 is 0 Å². The molecule has 0 saturated heterocycles. The van der Waals surface area contributed by atoms with E-state index in [4.69, 9.17) is 0 Å². The summed E-state index contributed by atoms with van der Waals surface area (Å²) in [6, 6.07) is 18.1. The molecule has 2 amide bonds. The van der Waals surface area contributed by atoms with Gasteiger partial charge in [-0.15, -0.1) is 10.2 Å². The Labute approximate surface area is 229 Å². The lowest BCUT2D eigenvalue weighted by atomic mass is 10.00. The lowest BCUT2D eigenvalue weighted by Gasteiger charge is -2.33. The van der Waals surface area contributed by atoms with Crippen LogP contribution in [0.1, 0.15) is 32.4 Å². The summed E-state index contributed by atoms with van der Waals surface area (Å²) in [6.07, 6.45) is 1.71. The highest BCUT2D eigenvalue weighted by Crippen LogP contribution is 2.34. The van der Waals surface area contributed by atoms with Gasteiger partial charge in [0.1, 0.15) is 24.2 Å². The van der Waals surface area contributed by atoms with Gasteiger partial charge in [-0.2, -0.15) is 4.80 Å². The number of nitrogens with one attached hydrogen (secondary N) is 2. The smallest absolute Gasteiger partial charge is 0.251 e. The van der Waals surface area contributed by atoms with Crippen molar-refractivity contribution in [2.24, 2.45) is 0 Å². The maximum atomic E-state index is 14.0. The Morgan fingerprint density at radius 1 is 1.07 bits per heavy atom. The molecule has 5 aromatic rings. The predicted molar refractivity (Wildman–Crippen MR) is 148 cm³/mol. The number of hydrogen-bond donors (Lipinski definition) is 3. The van der Waals surface area contributed by atoms with E-state index in [1.165, 1.54) is 41.3 Å². The van der Waals surface area contributed by atoms with Gasteiger partial charge in [0, 0.05) is 45.5 Å². The molecule has 2 aromatic heterocycles. The number of carbonyl (C=O) groups is 2. The summed E-state index contributed by atoms with van der Waals surface area (Å²) in [4.78, 5) is 33.6. The molecule has 0 fully saturated rings. The van der Waals surface area contributed by atoms with Crippen molar-refractivity contribution >= 4 is 28.4 Å². The normalized spacial score (nSPS) is 12.3. The fourth-order valence-electron chi connectivity index (χ4n) is 4.46. The van der Waals surface area contributed by atoms with Gasteiger partial charge in [0.2, 0.25) is 11.7 Å². The van der Waals surface area contributed by atoms with Gasteiger partial charge in [0.05, 0.1) is 0 Å². The van der Waals surface area contributed by atoms with E-state index in [1.54, 1.807) is 18.3 Å². The van der Waals surface area contributed by atoms with Crippen molar-refractivity contribution in [2.75, 3.05) is 4.90 Å². The molecule has 0 unspecified atom stereocenters. The van der Waals surface area contributed by atoms with Gasteiger partial charge in [-0.3, -0.25) is 14.5 Å². The molecule has 0 aliphatic carbocycles. The van der Waals surface area contributed by atoms with Gasteiger partial charge in [-0.25, -0.2) is 4.39 Å². The number of hydrogen-bond acceptors (Lipinski definition) is 6. The summed E-state index contributed by atoms with van der Waals surface area (Å²) in [5.41, 5.74) is 1.63. The van der Waals surface area contributed by atoms with Crippen molar-refractivity contribution in [3.8, 4) is 17.1 Å². The highest BCUT2D eigenvalue weighted by molar-refractivity contribution is 6.03. The van der Waals surface area contributed by atoms with E-state index in [-0.39, 0.29) is 18.1 Å². The number of aromatic hydroxyl groups is 1.